The Morgan fingerprint density at radius 1 is 1.58 bits per heavy atom. The van der Waals surface area contributed by atoms with Crippen molar-refractivity contribution in [2.24, 2.45) is 0 Å². The van der Waals surface area contributed by atoms with Crippen molar-refractivity contribution in [1.29, 1.82) is 5.26 Å². The van der Waals surface area contributed by atoms with E-state index in [1.807, 2.05) is 4.90 Å². The van der Waals surface area contributed by atoms with E-state index in [1.54, 1.807) is 6.92 Å². The normalized spacial score (nSPS) is 22.4. The zero-order valence-electron chi connectivity index (χ0n) is 7.40. The van der Waals surface area contributed by atoms with Gasteiger partial charge in [-0.15, -0.1) is 0 Å². The van der Waals surface area contributed by atoms with Crippen molar-refractivity contribution >= 4 is 0 Å². The van der Waals surface area contributed by atoms with Gasteiger partial charge in [0.2, 0.25) is 0 Å². The van der Waals surface area contributed by atoms with Crippen LogP contribution in [0.25, 0.3) is 0 Å². The van der Waals surface area contributed by atoms with E-state index >= 15 is 0 Å². The summed E-state index contributed by atoms with van der Waals surface area (Å²) in [6.45, 7) is 5.25. The molecule has 1 N–H and O–H groups in total. The fourth-order valence-electron chi connectivity index (χ4n) is 1.36. The smallest absolute Gasteiger partial charge is 0.105 e. The molecule has 0 amide bonds. The summed E-state index contributed by atoms with van der Waals surface area (Å²) in [4.78, 5) is 4.16. The predicted molar refractivity (Wildman–Crippen MR) is 45.1 cm³/mol. The molecule has 0 aromatic carbocycles. The molecule has 1 heterocycles. The Hall–Kier alpha value is -0.630. The van der Waals surface area contributed by atoms with E-state index < -0.39 is 0 Å². The van der Waals surface area contributed by atoms with Crippen LogP contribution in [-0.4, -0.2) is 47.4 Å². The van der Waals surface area contributed by atoms with Crippen LogP contribution in [0.1, 0.15) is 13.3 Å². The van der Waals surface area contributed by atoms with Gasteiger partial charge in [-0.3, -0.25) is 9.80 Å². The van der Waals surface area contributed by atoms with Crippen molar-refractivity contribution in [3.8, 4) is 6.07 Å². The lowest BCUT2D eigenvalue weighted by Crippen LogP contribution is -2.32. The highest BCUT2D eigenvalue weighted by molar-refractivity contribution is 4.76. The van der Waals surface area contributed by atoms with Crippen molar-refractivity contribution in [1.82, 2.24) is 9.80 Å². The summed E-state index contributed by atoms with van der Waals surface area (Å²) >= 11 is 0. The first kappa shape index (κ1) is 9.46. The van der Waals surface area contributed by atoms with E-state index in [-0.39, 0.29) is 6.23 Å². The van der Waals surface area contributed by atoms with Gasteiger partial charge < -0.3 is 5.11 Å². The highest BCUT2D eigenvalue weighted by Gasteiger charge is 2.21. The summed E-state index contributed by atoms with van der Waals surface area (Å²) < 4.78 is 0. The first-order valence-electron chi connectivity index (χ1n) is 4.25. The standard InChI is InChI=1S/C8H15N3O/c1-8(12)11-6-5-10(7-11)4-2-3-9/h8,12H,2,4-7H2,1H3. The van der Waals surface area contributed by atoms with Crippen LogP contribution >= 0.6 is 0 Å². The van der Waals surface area contributed by atoms with Crippen LogP contribution in [0.4, 0.5) is 0 Å². The number of rotatable bonds is 3. The average Bonchev–Trinajstić information content (AvgIpc) is 2.48. The van der Waals surface area contributed by atoms with Gasteiger partial charge in [0.05, 0.1) is 12.7 Å². The molecule has 1 unspecified atom stereocenters. The lowest BCUT2D eigenvalue weighted by molar-refractivity contribution is 0.0250. The van der Waals surface area contributed by atoms with E-state index in [0.29, 0.717) is 6.42 Å². The van der Waals surface area contributed by atoms with Crippen LogP contribution < -0.4 is 0 Å². The molecule has 0 aromatic rings. The molecule has 1 rings (SSSR count). The molecule has 1 aliphatic rings. The van der Waals surface area contributed by atoms with Crippen LogP contribution in [-0.2, 0) is 0 Å². The van der Waals surface area contributed by atoms with Crippen molar-refractivity contribution < 1.29 is 5.11 Å². The zero-order valence-corrected chi connectivity index (χ0v) is 7.40. The molecule has 4 heteroatoms. The lowest BCUT2D eigenvalue weighted by Gasteiger charge is -2.19. The van der Waals surface area contributed by atoms with Crippen LogP contribution in [0.5, 0.6) is 0 Å². The second kappa shape index (κ2) is 4.41. The molecular formula is C8H15N3O. The summed E-state index contributed by atoms with van der Waals surface area (Å²) in [6.07, 6.45) is 0.213. The molecule has 1 fully saturated rings. The van der Waals surface area contributed by atoms with Gasteiger partial charge in [0.1, 0.15) is 6.23 Å². The summed E-state index contributed by atoms with van der Waals surface area (Å²) in [7, 11) is 0. The molecule has 0 spiro atoms. The second-order valence-corrected chi connectivity index (χ2v) is 3.11. The Bertz CT molecular complexity index is 176. The summed E-state index contributed by atoms with van der Waals surface area (Å²) in [5, 5.41) is 17.6. The largest absolute Gasteiger partial charge is 0.379 e. The lowest BCUT2D eigenvalue weighted by atomic mass is 10.4. The summed E-state index contributed by atoms with van der Waals surface area (Å²) in [5.41, 5.74) is 0. The van der Waals surface area contributed by atoms with Gasteiger partial charge in [-0.05, 0) is 6.92 Å². The van der Waals surface area contributed by atoms with Gasteiger partial charge in [0.15, 0.2) is 0 Å². The average molecular weight is 169 g/mol. The Morgan fingerprint density at radius 2 is 2.33 bits per heavy atom. The quantitative estimate of drug-likeness (QED) is 0.636. The van der Waals surface area contributed by atoms with E-state index in [4.69, 9.17) is 5.26 Å². The molecule has 0 saturated carbocycles. The first-order chi connectivity index (χ1) is 5.74. The Kier molecular flexibility index (Phi) is 3.48. The Morgan fingerprint density at radius 3 is 2.83 bits per heavy atom. The maximum absolute atomic E-state index is 9.23. The molecule has 12 heavy (non-hydrogen) atoms. The van der Waals surface area contributed by atoms with Gasteiger partial charge in [-0.1, -0.05) is 0 Å². The monoisotopic (exact) mass is 169 g/mol. The van der Waals surface area contributed by atoms with Crippen molar-refractivity contribution in [3.63, 3.8) is 0 Å². The molecular weight excluding hydrogens is 154 g/mol. The van der Waals surface area contributed by atoms with Crippen LogP contribution in [0.15, 0.2) is 0 Å². The van der Waals surface area contributed by atoms with E-state index in [0.717, 1.165) is 26.3 Å². The van der Waals surface area contributed by atoms with Gasteiger partial charge in [0.25, 0.3) is 0 Å². The minimum atomic E-state index is -0.364. The van der Waals surface area contributed by atoms with Gasteiger partial charge in [-0.2, -0.15) is 5.26 Å². The fraction of sp³-hybridized carbons (Fsp3) is 0.875. The van der Waals surface area contributed by atoms with Gasteiger partial charge in [0, 0.05) is 26.1 Å². The molecule has 1 saturated heterocycles. The van der Waals surface area contributed by atoms with Gasteiger partial charge >= 0.3 is 0 Å². The van der Waals surface area contributed by atoms with E-state index in [2.05, 4.69) is 11.0 Å². The van der Waals surface area contributed by atoms with Crippen molar-refractivity contribution in [2.45, 2.75) is 19.6 Å². The number of aliphatic hydroxyl groups is 1. The third-order valence-corrected chi connectivity index (χ3v) is 2.15. The Balaban J connectivity index is 2.22. The molecule has 0 bridgehead atoms. The molecule has 0 aromatic heterocycles. The minimum Gasteiger partial charge on any atom is -0.379 e. The van der Waals surface area contributed by atoms with E-state index in [1.165, 1.54) is 0 Å². The summed E-state index contributed by atoms with van der Waals surface area (Å²) in [5.74, 6) is 0. The number of nitriles is 1. The summed E-state index contributed by atoms with van der Waals surface area (Å²) in [6, 6.07) is 2.12. The topological polar surface area (TPSA) is 50.5 Å². The molecule has 0 aliphatic carbocycles. The second-order valence-electron chi connectivity index (χ2n) is 3.11. The first-order valence-corrected chi connectivity index (χ1v) is 4.25. The SMILES string of the molecule is CC(O)N1CCN(CCC#N)C1. The van der Waals surface area contributed by atoms with Crippen molar-refractivity contribution in [3.05, 3.63) is 0 Å². The maximum Gasteiger partial charge on any atom is 0.105 e. The molecule has 4 nitrogen and oxygen atoms in total. The predicted octanol–water partition coefficient (Wildman–Crippen LogP) is -0.187. The third-order valence-electron chi connectivity index (χ3n) is 2.15. The number of hydrogen-bond acceptors (Lipinski definition) is 4. The van der Waals surface area contributed by atoms with Crippen LogP contribution in [0, 0.1) is 11.3 Å². The Labute approximate surface area is 73.0 Å². The van der Waals surface area contributed by atoms with Crippen LogP contribution in [0.3, 0.4) is 0 Å². The fourth-order valence-corrected chi connectivity index (χ4v) is 1.36. The number of hydrogen-bond donors (Lipinski definition) is 1. The third kappa shape index (κ3) is 2.45. The molecule has 1 aliphatic heterocycles. The number of aliphatic hydroxyl groups excluding tert-OH is 1. The zero-order chi connectivity index (χ0) is 8.97. The van der Waals surface area contributed by atoms with Crippen LogP contribution in [0.2, 0.25) is 0 Å². The minimum absolute atomic E-state index is 0.364. The highest BCUT2D eigenvalue weighted by Crippen LogP contribution is 2.07. The molecule has 68 valence electrons. The van der Waals surface area contributed by atoms with Gasteiger partial charge in [-0.25, -0.2) is 0 Å². The maximum atomic E-state index is 9.23. The molecule has 1 atom stereocenters. The van der Waals surface area contributed by atoms with E-state index in [9.17, 15) is 5.11 Å². The van der Waals surface area contributed by atoms with Crippen molar-refractivity contribution in [2.75, 3.05) is 26.3 Å². The number of nitrogens with zero attached hydrogens (tertiary/aromatic N) is 3. The molecule has 0 radical (unpaired) electrons. The highest BCUT2D eigenvalue weighted by atomic mass is 16.3.